The number of nitrogens with one attached hydrogen (secondary N) is 3. The molecule has 2 aromatic rings. The van der Waals surface area contributed by atoms with Crippen LogP contribution >= 0.6 is 0 Å². The second kappa shape index (κ2) is 5.78. The van der Waals surface area contributed by atoms with Gasteiger partial charge >= 0.3 is 0 Å². The van der Waals surface area contributed by atoms with Crippen LogP contribution in [0.2, 0.25) is 0 Å². The minimum atomic E-state index is -3.60. The molecule has 0 aliphatic carbocycles. The lowest BCUT2D eigenvalue weighted by Crippen LogP contribution is -2.26. The van der Waals surface area contributed by atoms with Crippen LogP contribution in [0.15, 0.2) is 23.1 Å². The standard InChI is InChI=1S/C15H18N4O3S/c1-9-13(10(2)19-18-9)5-6-16-23(21,22)12-3-4-14-11(7-12)8-15(20)17-14/h3-4,7,16H,5-6,8H2,1-2H3,(H,17,20)(H,18,19). The number of hydrogen-bond acceptors (Lipinski definition) is 4. The summed E-state index contributed by atoms with van der Waals surface area (Å²) in [6, 6.07) is 4.67. The normalized spacial score (nSPS) is 13.9. The molecule has 0 saturated carbocycles. The zero-order valence-corrected chi connectivity index (χ0v) is 13.8. The lowest BCUT2D eigenvalue weighted by molar-refractivity contribution is -0.115. The molecule has 0 atom stereocenters. The maximum atomic E-state index is 12.4. The van der Waals surface area contributed by atoms with Gasteiger partial charge in [0.25, 0.3) is 0 Å². The average Bonchev–Trinajstić information content (AvgIpc) is 3.01. The van der Waals surface area contributed by atoms with Crippen LogP contribution in [-0.2, 0) is 27.7 Å². The van der Waals surface area contributed by atoms with Crippen molar-refractivity contribution in [3.8, 4) is 0 Å². The number of aryl methyl sites for hydroxylation is 2. The maximum Gasteiger partial charge on any atom is 0.240 e. The van der Waals surface area contributed by atoms with E-state index in [1.54, 1.807) is 12.1 Å². The molecule has 3 N–H and O–H groups in total. The quantitative estimate of drug-likeness (QED) is 0.760. The summed E-state index contributed by atoms with van der Waals surface area (Å²) in [7, 11) is -3.60. The topological polar surface area (TPSA) is 104 Å². The molecule has 8 heteroatoms. The first-order valence-electron chi connectivity index (χ1n) is 7.30. The lowest BCUT2D eigenvalue weighted by Gasteiger charge is -2.08. The van der Waals surface area contributed by atoms with Gasteiger partial charge in [0.1, 0.15) is 0 Å². The van der Waals surface area contributed by atoms with E-state index in [9.17, 15) is 13.2 Å². The van der Waals surface area contributed by atoms with E-state index in [-0.39, 0.29) is 23.8 Å². The van der Waals surface area contributed by atoms with Gasteiger partial charge in [-0.05, 0) is 49.6 Å². The number of aromatic amines is 1. The fourth-order valence-electron chi connectivity index (χ4n) is 2.71. The van der Waals surface area contributed by atoms with Crippen LogP contribution in [-0.4, -0.2) is 31.1 Å². The molecule has 0 saturated heterocycles. The van der Waals surface area contributed by atoms with Crippen molar-refractivity contribution in [1.29, 1.82) is 0 Å². The number of rotatable bonds is 5. The first-order valence-corrected chi connectivity index (χ1v) is 8.78. The molecule has 122 valence electrons. The minimum Gasteiger partial charge on any atom is -0.326 e. The van der Waals surface area contributed by atoms with Crippen molar-refractivity contribution >= 4 is 21.6 Å². The highest BCUT2D eigenvalue weighted by Gasteiger charge is 2.21. The van der Waals surface area contributed by atoms with E-state index < -0.39 is 10.0 Å². The van der Waals surface area contributed by atoms with E-state index in [0.29, 0.717) is 17.7 Å². The van der Waals surface area contributed by atoms with Gasteiger partial charge in [-0.25, -0.2) is 13.1 Å². The second-order valence-corrected chi connectivity index (χ2v) is 7.37. The maximum absolute atomic E-state index is 12.4. The molecule has 1 aliphatic heterocycles. The number of amides is 1. The molecule has 1 aromatic heterocycles. The Morgan fingerprint density at radius 1 is 1.30 bits per heavy atom. The van der Waals surface area contributed by atoms with Crippen LogP contribution in [0.25, 0.3) is 0 Å². The van der Waals surface area contributed by atoms with Crippen molar-refractivity contribution in [3.63, 3.8) is 0 Å². The average molecular weight is 334 g/mol. The van der Waals surface area contributed by atoms with Crippen LogP contribution in [0.1, 0.15) is 22.5 Å². The summed E-state index contributed by atoms with van der Waals surface area (Å²) in [6.07, 6.45) is 0.782. The Labute approximate surface area is 134 Å². The Bertz CT molecular complexity index is 851. The van der Waals surface area contributed by atoms with E-state index in [0.717, 1.165) is 17.0 Å². The van der Waals surface area contributed by atoms with Gasteiger partial charge in [-0.3, -0.25) is 9.89 Å². The summed E-state index contributed by atoms with van der Waals surface area (Å²) in [6.45, 7) is 4.09. The Morgan fingerprint density at radius 2 is 2.09 bits per heavy atom. The molecule has 1 aliphatic rings. The molecular weight excluding hydrogens is 316 g/mol. The predicted octanol–water partition coefficient (Wildman–Crippen LogP) is 1.04. The Balaban J connectivity index is 1.70. The Hall–Kier alpha value is -2.19. The van der Waals surface area contributed by atoms with Crippen LogP contribution in [0.5, 0.6) is 0 Å². The van der Waals surface area contributed by atoms with Gasteiger partial charge in [-0.2, -0.15) is 5.10 Å². The van der Waals surface area contributed by atoms with Crippen LogP contribution < -0.4 is 10.0 Å². The molecule has 0 unspecified atom stereocenters. The van der Waals surface area contributed by atoms with Crippen molar-refractivity contribution in [2.45, 2.75) is 31.6 Å². The Morgan fingerprint density at radius 3 is 2.78 bits per heavy atom. The SMILES string of the molecule is Cc1n[nH]c(C)c1CCNS(=O)(=O)c1ccc2c(c1)CC(=O)N2. The molecule has 0 spiro atoms. The lowest BCUT2D eigenvalue weighted by atomic mass is 10.1. The first-order chi connectivity index (χ1) is 10.9. The number of carbonyl (C=O) groups is 1. The van der Waals surface area contributed by atoms with Gasteiger partial charge in [-0.1, -0.05) is 0 Å². The summed E-state index contributed by atoms with van der Waals surface area (Å²) < 4.78 is 27.3. The van der Waals surface area contributed by atoms with Crippen LogP contribution in [0.4, 0.5) is 5.69 Å². The molecule has 1 aromatic carbocycles. The number of benzene rings is 1. The summed E-state index contributed by atoms with van der Waals surface area (Å²) >= 11 is 0. The molecular formula is C15H18N4O3S. The van der Waals surface area contributed by atoms with Crippen LogP contribution in [0.3, 0.4) is 0 Å². The van der Waals surface area contributed by atoms with Crippen molar-refractivity contribution < 1.29 is 13.2 Å². The number of fused-ring (bicyclic) bond motifs is 1. The third kappa shape index (κ3) is 3.13. The summed E-state index contributed by atoms with van der Waals surface area (Å²) in [4.78, 5) is 11.5. The summed E-state index contributed by atoms with van der Waals surface area (Å²) in [5.41, 5.74) is 4.24. The third-order valence-corrected chi connectivity index (χ3v) is 5.42. The molecule has 7 nitrogen and oxygen atoms in total. The smallest absolute Gasteiger partial charge is 0.240 e. The van der Waals surface area contributed by atoms with Gasteiger partial charge in [0.15, 0.2) is 0 Å². The van der Waals surface area contributed by atoms with E-state index >= 15 is 0 Å². The molecule has 0 radical (unpaired) electrons. The molecule has 0 fully saturated rings. The zero-order valence-electron chi connectivity index (χ0n) is 12.9. The van der Waals surface area contributed by atoms with Gasteiger partial charge in [0.2, 0.25) is 15.9 Å². The van der Waals surface area contributed by atoms with Gasteiger partial charge in [0, 0.05) is 17.9 Å². The fourth-order valence-corrected chi connectivity index (χ4v) is 3.79. The molecule has 1 amide bonds. The van der Waals surface area contributed by atoms with Crippen LogP contribution in [0, 0.1) is 13.8 Å². The number of carbonyl (C=O) groups excluding carboxylic acids is 1. The van der Waals surface area contributed by atoms with Crippen molar-refractivity contribution in [2.75, 3.05) is 11.9 Å². The van der Waals surface area contributed by atoms with Gasteiger partial charge < -0.3 is 5.32 Å². The fraction of sp³-hybridized carbons (Fsp3) is 0.333. The molecule has 0 bridgehead atoms. The second-order valence-electron chi connectivity index (χ2n) is 5.60. The van der Waals surface area contributed by atoms with Crippen molar-refractivity contribution in [2.24, 2.45) is 0 Å². The predicted molar refractivity (Wildman–Crippen MR) is 85.7 cm³/mol. The number of aromatic nitrogens is 2. The number of H-pyrrole nitrogens is 1. The minimum absolute atomic E-state index is 0.117. The third-order valence-electron chi connectivity index (χ3n) is 3.96. The largest absolute Gasteiger partial charge is 0.326 e. The zero-order chi connectivity index (χ0) is 16.6. The molecule has 23 heavy (non-hydrogen) atoms. The number of hydrogen-bond donors (Lipinski definition) is 3. The number of nitrogens with zero attached hydrogens (tertiary/aromatic N) is 1. The van der Waals surface area contributed by atoms with Crippen molar-refractivity contribution in [3.05, 3.63) is 40.7 Å². The highest BCUT2D eigenvalue weighted by atomic mass is 32.2. The summed E-state index contributed by atoms with van der Waals surface area (Å²) in [5, 5.41) is 9.66. The van der Waals surface area contributed by atoms with Gasteiger partial charge in [-0.15, -0.1) is 0 Å². The Kier molecular flexibility index (Phi) is 3.95. The highest BCUT2D eigenvalue weighted by molar-refractivity contribution is 7.89. The van der Waals surface area contributed by atoms with E-state index in [1.807, 2.05) is 13.8 Å². The van der Waals surface area contributed by atoms with Crippen molar-refractivity contribution in [1.82, 2.24) is 14.9 Å². The molecule has 3 rings (SSSR count). The number of anilines is 1. The first kappa shape index (κ1) is 15.7. The molecule has 2 heterocycles. The summed E-state index contributed by atoms with van der Waals surface area (Å²) in [5.74, 6) is -0.117. The van der Waals surface area contributed by atoms with E-state index in [1.165, 1.54) is 6.07 Å². The van der Waals surface area contributed by atoms with E-state index in [2.05, 4.69) is 20.2 Å². The van der Waals surface area contributed by atoms with E-state index in [4.69, 9.17) is 0 Å². The highest BCUT2D eigenvalue weighted by Crippen LogP contribution is 2.25. The number of sulfonamides is 1. The monoisotopic (exact) mass is 334 g/mol. The van der Waals surface area contributed by atoms with Gasteiger partial charge in [0.05, 0.1) is 17.0 Å².